The Morgan fingerprint density at radius 1 is 1.15 bits per heavy atom. The van der Waals surface area contributed by atoms with Crippen molar-refractivity contribution in [3.8, 4) is 5.75 Å². The molecule has 2 rings (SSSR count). The molecule has 26 heavy (non-hydrogen) atoms. The maximum Gasteiger partial charge on any atom is 0.315 e. The number of carboxylic acids is 1. The minimum atomic E-state index is -1.21. The van der Waals surface area contributed by atoms with E-state index in [1.54, 1.807) is 49.4 Å². The molecule has 2 aromatic carbocycles. The molecule has 0 aliphatic carbocycles. The number of benzene rings is 2. The van der Waals surface area contributed by atoms with Crippen LogP contribution in [0, 0.1) is 0 Å². The highest BCUT2D eigenvalue weighted by molar-refractivity contribution is 6.32. The van der Waals surface area contributed by atoms with Gasteiger partial charge < -0.3 is 15.2 Å². The van der Waals surface area contributed by atoms with E-state index in [1.807, 2.05) is 13.0 Å². The Morgan fingerprint density at radius 2 is 1.85 bits per heavy atom. The lowest BCUT2D eigenvalue weighted by Crippen LogP contribution is -2.44. The van der Waals surface area contributed by atoms with E-state index in [4.69, 9.17) is 16.3 Å². The summed E-state index contributed by atoms with van der Waals surface area (Å²) in [4.78, 5) is 24.2. The van der Waals surface area contributed by atoms with Crippen molar-refractivity contribution in [2.45, 2.75) is 25.7 Å². The number of halogens is 1. The third-order valence-corrected chi connectivity index (χ3v) is 4.51. The molecule has 138 valence electrons. The van der Waals surface area contributed by atoms with Gasteiger partial charge in [-0.25, -0.2) is 0 Å². The molecule has 0 heterocycles. The van der Waals surface area contributed by atoms with Crippen molar-refractivity contribution < 1.29 is 19.4 Å². The standard InChI is InChI=1S/C20H22ClNO4/c1-3-26-18-14(8-7-11-16(18)21)12-17(23)22-13-20(2,19(24)25)15-9-5-4-6-10-15/h4-11H,3,12-13H2,1-2H3,(H,22,23)(H,24,25). The van der Waals surface area contributed by atoms with Gasteiger partial charge in [-0.3, -0.25) is 9.59 Å². The third kappa shape index (κ3) is 4.55. The zero-order valence-electron chi connectivity index (χ0n) is 14.8. The van der Waals surface area contributed by atoms with Gasteiger partial charge in [0.1, 0.15) is 11.2 Å². The number of rotatable bonds is 8. The average Bonchev–Trinajstić information content (AvgIpc) is 2.63. The molecule has 0 aromatic heterocycles. The van der Waals surface area contributed by atoms with E-state index >= 15 is 0 Å². The molecule has 0 aliphatic rings. The third-order valence-electron chi connectivity index (χ3n) is 4.21. The Labute approximate surface area is 157 Å². The van der Waals surface area contributed by atoms with Crippen LogP contribution in [-0.4, -0.2) is 30.1 Å². The van der Waals surface area contributed by atoms with Crippen molar-refractivity contribution in [2.75, 3.05) is 13.2 Å². The van der Waals surface area contributed by atoms with Gasteiger partial charge >= 0.3 is 5.97 Å². The first-order valence-electron chi connectivity index (χ1n) is 8.34. The molecule has 0 saturated carbocycles. The Morgan fingerprint density at radius 3 is 2.46 bits per heavy atom. The van der Waals surface area contributed by atoms with Crippen molar-refractivity contribution in [1.82, 2.24) is 5.32 Å². The summed E-state index contributed by atoms with van der Waals surface area (Å²) in [5, 5.41) is 12.8. The number of hydrogen-bond acceptors (Lipinski definition) is 3. The second-order valence-electron chi connectivity index (χ2n) is 6.12. The first-order chi connectivity index (χ1) is 12.4. The average molecular weight is 376 g/mol. The van der Waals surface area contributed by atoms with Crippen LogP contribution in [0.25, 0.3) is 0 Å². The van der Waals surface area contributed by atoms with E-state index in [1.165, 1.54) is 0 Å². The first kappa shape index (κ1) is 19.8. The predicted molar refractivity (Wildman–Crippen MR) is 101 cm³/mol. The summed E-state index contributed by atoms with van der Waals surface area (Å²) < 4.78 is 5.52. The SMILES string of the molecule is CCOc1c(Cl)cccc1CC(=O)NCC(C)(C(=O)O)c1ccccc1. The number of carbonyl (C=O) groups excluding carboxylic acids is 1. The van der Waals surface area contributed by atoms with Gasteiger partial charge in [0.05, 0.1) is 18.1 Å². The van der Waals surface area contributed by atoms with Gasteiger partial charge in [-0.1, -0.05) is 54.1 Å². The van der Waals surface area contributed by atoms with E-state index in [-0.39, 0.29) is 18.9 Å². The minimum Gasteiger partial charge on any atom is -0.492 e. The van der Waals surface area contributed by atoms with Crippen molar-refractivity contribution in [3.63, 3.8) is 0 Å². The number of nitrogens with one attached hydrogen (secondary N) is 1. The second-order valence-corrected chi connectivity index (χ2v) is 6.53. The molecule has 2 N–H and O–H groups in total. The number of ether oxygens (including phenoxy) is 1. The van der Waals surface area contributed by atoms with Crippen molar-refractivity contribution in [2.24, 2.45) is 0 Å². The number of amides is 1. The zero-order valence-corrected chi connectivity index (χ0v) is 15.5. The van der Waals surface area contributed by atoms with E-state index in [2.05, 4.69) is 5.32 Å². The molecule has 0 bridgehead atoms. The van der Waals surface area contributed by atoms with Crippen LogP contribution in [-0.2, 0) is 21.4 Å². The number of para-hydroxylation sites is 1. The Balaban J connectivity index is 2.11. The van der Waals surface area contributed by atoms with Crippen molar-refractivity contribution >= 4 is 23.5 Å². The summed E-state index contributed by atoms with van der Waals surface area (Å²) in [7, 11) is 0. The molecule has 0 spiro atoms. The maximum absolute atomic E-state index is 12.4. The largest absolute Gasteiger partial charge is 0.492 e. The quantitative estimate of drug-likeness (QED) is 0.741. The molecular weight excluding hydrogens is 354 g/mol. The van der Waals surface area contributed by atoms with E-state index in [9.17, 15) is 14.7 Å². The minimum absolute atomic E-state index is 0.0181. The lowest BCUT2D eigenvalue weighted by atomic mass is 9.82. The molecule has 0 radical (unpaired) electrons. The molecule has 0 aliphatic heterocycles. The van der Waals surface area contributed by atoms with Crippen LogP contribution in [0.2, 0.25) is 5.02 Å². The Kier molecular flexibility index (Phi) is 6.64. The predicted octanol–water partition coefficient (Wildman–Crippen LogP) is 3.44. The highest BCUT2D eigenvalue weighted by Gasteiger charge is 2.35. The van der Waals surface area contributed by atoms with Crippen LogP contribution in [0.15, 0.2) is 48.5 Å². The highest BCUT2D eigenvalue weighted by atomic mass is 35.5. The van der Waals surface area contributed by atoms with Crippen molar-refractivity contribution in [1.29, 1.82) is 0 Å². The first-order valence-corrected chi connectivity index (χ1v) is 8.72. The summed E-state index contributed by atoms with van der Waals surface area (Å²) >= 11 is 6.13. The molecule has 1 unspecified atom stereocenters. The normalized spacial score (nSPS) is 12.9. The molecule has 5 nitrogen and oxygen atoms in total. The molecule has 6 heteroatoms. The summed E-state index contributed by atoms with van der Waals surface area (Å²) in [6.07, 6.45) is 0.0559. The molecular formula is C20H22ClNO4. The number of carboxylic acid groups (broad SMARTS) is 1. The van der Waals surface area contributed by atoms with Gasteiger partial charge in [-0.05, 0) is 25.5 Å². The van der Waals surface area contributed by atoms with Gasteiger partial charge in [0.2, 0.25) is 5.91 Å². The molecule has 0 fully saturated rings. The van der Waals surface area contributed by atoms with Crippen LogP contribution in [0.5, 0.6) is 5.75 Å². The van der Waals surface area contributed by atoms with Gasteiger partial charge in [0.25, 0.3) is 0 Å². The molecule has 1 atom stereocenters. The van der Waals surface area contributed by atoms with E-state index in [0.29, 0.717) is 28.5 Å². The van der Waals surface area contributed by atoms with Crippen LogP contribution in [0.4, 0.5) is 0 Å². The second kappa shape index (κ2) is 8.72. The molecule has 1 amide bonds. The topological polar surface area (TPSA) is 75.6 Å². The Bertz CT molecular complexity index is 779. The lowest BCUT2D eigenvalue weighted by Gasteiger charge is -2.25. The maximum atomic E-state index is 12.4. The Hall–Kier alpha value is -2.53. The summed E-state index contributed by atoms with van der Waals surface area (Å²) in [5.74, 6) is -0.811. The number of carbonyl (C=O) groups is 2. The summed E-state index contributed by atoms with van der Waals surface area (Å²) in [6, 6.07) is 14.1. The van der Waals surface area contributed by atoms with Gasteiger partial charge in [0.15, 0.2) is 0 Å². The summed E-state index contributed by atoms with van der Waals surface area (Å²) in [5.41, 5.74) is 0.0766. The van der Waals surface area contributed by atoms with Crippen LogP contribution in [0.3, 0.4) is 0 Å². The number of aliphatic carboxylic acids is 1. The monoisotopic (exact) mass is 375 g/mol. The number of hydrogen-bond donors (Lipinski definition) is 2. The van der Waals surface area contributed by atoms with Crippen LogP contribution in [0.1, 0.15) is 25.0 Å². The van der Waals surface area contributed by atoms with E-state index < -0.39 is 11.4 Å². The molecule has 2 aromatic rings. The lowest BCUT2D eigenvalue weighted by molar-refractivity contribution is -0.143. The fourth-order valence-electron chi connectivity index (χ4n) is 2.62. The van der Waals surface area contributed by atoms with Crippen LogP contribution < -0.4 is 10.1 Å². The summed E-state index contributed by atoms with van der Waals surface area (Å²) in [6.45, 7) is 3.85. The van der Waals surface area contributed by atoms with E-state index in [0.717, 1.165) is 0 Å². The zero-order chi connectivity index (χ0) is 19.2. The van der Waals surface area contributed by atoms with Gasteiger partial charge in [-0.2, -0.15) is 0 Å². The van der Waals surface area contributed by atoms with Gasteiger partial charge in [-0.15, -0.1) is 0 Å². The smallest absolute Gasteiger partial charge is 0.315 e. The molecule has 0 saturated heterocycles. The van der Waals surface area contributed by atoms with Crippen molar-refractivity contribution in [3.05, 3.63) is 64.7 Å². The van der Waals surface area contributed by atoms with Gasteiger partial charge in [0, 0.05) is 12.1 Å². The van der Waals surface area contributed by atoms with Crippen LogP contribution >= 0.6 is 11.6 Å². The fourth-order valence-corrected chi connectivity index (χ4v) is 2.87. The fraction of sp³-hybridized carbons (Fsp3) is 0.300. The highest BCUT2D eigenvalue weighted by Crippen LogP contribution is 2.29.